The zero-order chi connectivity index (χ0) is 32.7. The highest BCUT2D eigenvalue weighted by Crippen LogP contribution is 2.43. The lowest BCUT2D eigenvalue weighted by Gasteiger charge is -2.20. The molecule has 1 N–H and O–H groups in total. The van der Waals surface area contributed by atoms with Crippen LogP contribution in [0.25, 0.3) is 5.83 Å². The number of alkyl halides is 11. The first-order valence-electron chi connectivity index (χ1n) is 11.3. The molecule has 1 saturated heterocycles. The molecule has 0 spiro atoms. The summed E-state index contributed by atoms with van der Waals surface area (Å²) in [6.07, 6.45) is -19.3. The van der Waals surface area contributed by atoms with Gasteiger partial charge in [-0.1, -0.05) is 29.3 Å². The number of hydroxylamine groups is 2. The van der Waals surface area contributed by atoms with Crippen molar-refractivity contribution >= 4 is 40.8 Å². The number of hydrogen-bond donors (Lipinski definition) is 1. The number of hydrogen-bond acceptors (Lipinski definition) is 3. The van der Waals surface area contributed by atoms with Crippen LogP contribution in [0.4, 0.5) is 52.7 Å². The van der Waals surface area contributed by atoms with Crippen LogP contribution in [0.3, 0.4) is 0 Å². The Bertz CT molecular complexity index is 1420. The smallest absolute Gasteiger partial charge is 0.338 e. The summed E-state index contributed by atoms with van der Waals surface area (Å²) >= 11 is 11.2. The van der Waals surface area contributed by atoms with Gasteiger partial charge in [-0.05, 0) is 35.9 Å². The van der Waals surface area contributed by atoms with Crippen molar-refractivity contribution in [2.45, 2.75) is 36.9 Å². The molecular formula is C24H14Cl2F12N2O3. The van der Waals surface area contributed by atoms with E-state index in [0.29, 0.717) is 24.3 Å². The van der Waals surface area contributed by atoms with E-state index in [4.69, 9.17) is 23.2 Å². The second kappa shape index (κ2) is 12.4. The molecule has 0 aliphatic carbocycles. The third-order valence-electron chi connectivity index (χ3n) is 5.75. The van der Waals surface area contributed by atoms with Gasteiger partial charge in [-0.3, -0.25) is 14.4 Å². The Morgan fingerprint density at radius 3 is 2.21 bits per heavy atom. The molecule has 0 radical (unpaired) electrons. The Kier molecular flexibility index (Phi) is 9.92. The summed E-state index contributed by atoms with van der Waals surface area (Å²) in [5.74, 6) is -7.99. The van der Waals surface area contributed by atoms with Crippen molar-refractivity contribution in [1.82, 2.24) is 10.4 Å². The summed E-state index contributed by atoms with van der Waals surface area (Å²) in [4.78, 5) is 29.1. The summed E-state index contributed by atoms with van der Waals surface area (Å²) in [6, 6.07) is -0.201. The van der Waals surface area contributed by atoms with Gasteiger partial charge in [0.1, 0.15) is 30.9 Å². The van der Waals surface area contributed by atoms with Crippen LogP contribution in [0.1, 0.15) is 45.0 Å². The molecular weight excluding hydrogens is 663 g/mol. The number of amides is 2. The molecule has 1 aliphatic rings. The monoisotopic (exact) mass is 676 g/mol. The lowest BCUT2D eigenvalue weighted by atomic mass is 9.94. The Morgan fingerprint density at radius 2 is 1.67 bits per heavy atom. The Balaban J connectivity index is 1.97. The molecule has 1 fully saturated rings. The van der Waals surface area contributed by atoms with Gasteiger partial charge in [-0.2, -0.15) is 39.5 Å². The van der Waals surface area contributed by atoms with Crippen molar-refractivity contribution in [2.24, 2.45) is 0 Å². The maximum absolute atomic E-state index is 15.0. The lowest BCUT2D eigenvalue weighted by Crippen LogP contribution is -2.44. The van der Waals surface area contributed by atoms with E-state index in [2.05, 4.69) is 4.84 Å². The average molecular weight is 677 g/mol. The molecule has 2 amide bonds. The SMILES string of the molecule is O=C(NC1CON(CC(F)(F)F)C1=O)c1ccc(/C(F)=C/C(c2cc(Cl)c(Cl)c(C(F)F)c2)C(F)(F)F)cc1C(F)(F)F. The summed E-state index contributed by atoms with van der Waals surface area (Å²) in [7, 11) is 0. The molecule has 5 nitrogen and oxygen atoms in total. The first-order chi connectivity index (χ1) is 19.6. The summed E-state index contributed by atoms with van der Waals surface area (Å²) < 4.78 is 162. The minimum atomic E-state index is -5.43. The Labute approximate surface area is 242 Å². The van der Waals surface area contributed by atoms with Crippen LogP contribution >= 0.6 is 23.2 Å². The summed E-state index contributed by atoms with van der Waals surface area (Å²) in [6.45, 7) is -2.74. The van der Waals surface area contributed by atoms with Crippen LogP contribution in [0, 0.1) is 0 Å². The van der Waals surface area contributed by atoms with Crippen LogP contribution in [0.2, 0.25) is 10.0 Å². The predicted molar refractivity (Wildman–Crippen MR) is 126 cm³/mol. The lowest BCUT2D eigenvalue weighted by molar-refractivity contribution is -0.214. The van der Waals surface area contributed by atoms with Gasteiger partial charge in [0.05, 0.1) is 21.2 Å². The fourth-order valence-corrected chi connectivity index (χ4v) is 4.24. The van der Waals surface area contributed by atoms with Gasteiger partial charge in [-0.15, -0.1) is 0 Å². The van der Waals surface area contributed by atoms with E-state index in [9.17, 15) is 57.9 Å². The fraction of sp³-hybridized carbons (Fsp3) is 0.333. The molecule has 19 heteroatoms. The number of nitrogens with zero attached hydrogens (tertiary/aromatic N) is 1. The number of allylic oxidation sites excluding steroid dienone is 1. The van der Waals surface area contributed by atoms with Gasteiger partial charge in [0.25, 0.3) is 18.2 Å². The summed E-state index contributed by atoms with van der Waals surface area (Å²) in [5, 5.41) is 0.0907. The van der Waals surface area contributed by atoms with Gasteiger partial charge in [0.15, 0.2) is 0 Å². The molecule has 43 heavy (non-hydrogen) atoms. The van der Waals surface area contributed by atoms with E-state index in [-0.39, 0.29) is 17.2 Å². The maximum Gasteiger partial charge on any atom is 0.417 e. The molecule has 0 saturated carbocycles. The van der Waals surface area contributed by atoms with Crippen molar-refractivity contribution in [3.05, 3.63) is 74.3 Å². The molecule has 2 unspecified atom stereocenters. The van der Waals surface area contributed by atoms with Crippen molar-refractivity contribution in [2.75, 3.05) is 13.2 Å². The minimum absolute atomic E-state index is 0.0312. The van der Waals surface area contributed by atoms with E-state index >= 15 is 4.39 Å². The topological polar surface area (TPSA) is 58.6 Å². The number of benzene rings is 2. The highest BCUT2D eigenvalue weighted by molar-refractivity contribution is 6.42. The van der Waals surface area contributed by atoms with Crippen molar-refractivity contribution < 1.29 is 67.1 Å². The van der Waals surface area contributed by atoms with Gasteiger partial charge < -0.3 is 5.32 Å². The van der Waals surface area contributed by atoms with E-state index in [1.165, 1.54) is 0 Å². The zero-order valence-corrected chi connectivity index (χ0v) is 22.1. The van der Waals surface area contributed by atoms with Crippen LogP contribution in [0.5, 0.6) is 0 Å². The third-order valence-corrected chi connectivity index (χ3v) is 6.57. The fourth-order valence-electron chi connectivity index (χ4n) is 3.82. The van der Waals surface area contributed by atoms with E-state index in [1.54, 1.807) is 5.32 Å². The quantitative estimate of drug-likeness (QED) is 0.302. The normalized spacial score (nSPS) is 17.6. The number of carbonyl (C=O) groups is 2. The first kappa shape index (κ1) is 34.3. The van der Waals surface area contributed by atoms with E-state index in [1.807, 2.05) is 0 Å². The molecule has 2 aromatic rings. The van der Waals surface area contributed by atoms with Crippen molar-refractivity contribution in [1.29, 1.82) is 0 Å². The first-order valence-corrected chi connectivity index (χ1v) is 12.1. The van der Waals surface area contributed by atoms with Crippen molar-refractivity contribution in [3.63, 3.8) is 0 Å². The second-order valence-electron chi connectivity index (χ2n) is 8.81. The van der Waals surface area contributed by atoms with Crippen LogP contribution in [-0.2, 0) is 15.8 Å². The maximum atomic E-state index is 15.0. The molecule has 1 aliphatic heterocycles. The van der Waals surface area contributed by atoms with Gasteiger partial charge in [0.2, 0.25) is 0 Å². The Morgan fingerprint density at radius 1 is 1.05 bits per heavy atom. The largest absolute Gasteiger partial charge is 0.417 e. The van der Waals surface area contributed by atoms with Gasteiger partial charge in [-0.25, -0.2) is 18.2 Å². The van der Waals surface area contributed by atoms with Gasteiger partial charge in [0, 0.05) is 11.1 Å². The molecule has 0 aromatic heterocycles. The molecule has 2 aromatic carbocycles. The number of carbonyl (C=O) groups excluding carboxylic acids is 2. The predicted octanol–water partition coefficient (Wildman–Crippen LogP) is 8.04. The molecule has 2 atom stereocenters. The molecule has 236 valence electrons. The molecule has 0 bridgehead atoms. The summed E-state index contributed by atoms with van der Waals surface area (Å²) in [5.41, 5.74) is -6.40. The van der Waals surface area contributed by atoms with Crippen LogP contribution in [-0.4, -0.2) is 48.4 Å². The highest BCUT2D eigenvalue weighted by atomic mass is 35.5. The standard InChI is InChI=1S/C24H14Cl2F12N2O3/c25-15-5-10(3-12(18(15)26)19(28)29)13(23(33,34)35)6-16(27)9-1-2-11(14(4-9)24(36,37)38)20(41)39-17-7-43-40(21(17)42)8-22(30,31)32/h1-6,13,17,19H,7-8H2,(H,39,41)/b16-6-. The highest BCUT2D eigenvalue weighted by Gasteiger charge is 2.43. The average Bonchev–Trinajstić information content (AvgIpc) is 3.19. The Hall–Kier alpha value is -3.18. The van der Waals surface area contributed by atoms with Crippen molar-refractivity contribution in [3.8, 4) is 0 Å². The van der Waals surface area contributed by atoms with E-state index < -0.39 is 106 Å². The number of rotatable bonds is 7. The zero-order valence-electron chi connectivity index (χ0n) is 20.6. The number of nitrogens with one attached hydrogen (secondary N) is 1. The van der Waals surface area contributed by atoms with Crippen LogP contribution in [0.15, 0.2) is 36.4 Å². The van der Waals surface area contributed by atoms with Gasteiger partial charge >= 0.3 is 18.5 Å². The minimum Gasteiger partial charge on any atom is -0.338 e. The second-order valence-corrected chi connectivity index (χ2v) is 9.60. The number of halogens is 14. The third kappa shape index (κ3) is 8.26. The molecule has 1 heterocycles. The molecule has 3 rings (SSSR count). The van der Waals surface area contributed by atoms with Crippen LogP contribution < -0.4 is 5.32 Å². The van der Waals surface area contributed by atoms with E-state index in [0.717, 1.165) is 0 Å².